The van der Waals surface area contributed by atoms with Gasteiger partial charge in [-0.3, -0.25) is 0 Å². The fourth-order valence-corrected chi connectivity index (χ4v) is 1.88. The van der Waals surface area contributed by atoms with Crippen LogP contribution in [0.5, 0.6) is 0 Å². The molecule has 0 aliphatic rings. The SMILES string of the molecule is Cc1cccc(Cl)c1-n1nccc1CN. The van der Waals surface area contributed by atoms with Crippen molar-refractivity contribution in [3.63, 3.8) is 0 Å². The van der Waals surface area contributed by atoms with Gasteiger partial charge in [0.2, 0.25) is 0 Å². The molecule has 1 aromatic carbocycles. The summed E-state index contributed by atoms with van der Waals surface area (Å²) in [7, 11) is 0. The van der Waals surface area contributed by atoms with Crippen molar-refractivity contribution in [2.45, 2.75) is 13.5 Å². The maximum atomic E-state index is 6.15. The number of para-hydroxylation sites is 1. The molecule has 15 heavy (non-hydrogen) atoms. The largest absolute Gasteiger partial charge is 0.325 e. The van der Waals surface area contributed by atoms with Crippen molar-refractivity contribution in [3.8, 4) is 5.69 Å². The van der Waals surface area contributed by atoms with Crippen LogP contribution in [0.1, 0.15) is 11.3 Å². The third kappa shape index (κ3) is 1.76. The molecule has 2 N–H and O–H groups in total. The van der Waals surface area contributed by atoms with Crippen LogP contribution in [0.4, 0.5) is 0 Å². The number of aromatic nitrogens is 2. The Morgan fingerprint density at radius 3 is 2.87 bits per heavy atom. The van der Waals surface area contributed by atoms with Gasteiger partial charge in [0.25, 0.3) is 0 Å². The van der Waals surface area contributed by atoms with Gasteiger partial charge in [-0.2, -0.15) is 5.10 Å². The van der Waals surface area contributed by atoms with Crippen LogP contribution < -0.4 is 5.73 Å². The van der Waals surface area contributed by atoms with E-state index in [1.165, 1.54) is 0 Å². The molecule has 0 saturated heterocycles. The highest BCUT2D eigenvalue weighted by Gasteiger charge is 2.09. The molecule has 0 aliphatic heterocycles. The minimum atomic E-state index is 0.449. The van der Waals surface area contributed by atoms with E-state index in [9.17, 15) is 0 Å². The van der Waals surface area contributed by atoms with Gasteiger partial charge in [-0.05, 0) is 24.6 Å². The van der Waals surface area contributed by atoms with Crippen molar-refractivity contribution in [2.75, 3.05) is 0 Å². The molecule has 1 heterocycles. The average Bonchev–Trinajstić information content (AvgIpc) is 2.65. The van der Waals surface area contributed by atoms with Crippen LogP contribution in [0.2, 0.25) is 5.02 Å². The molecule has 0 atom stereocenters. The summed E-state index contributed by atoms with van der Waals surface area (Å²) in [6.07, 6.45) is 1.73. The van der Waals surface area contributed by atoms with Gasteiger partial charge in [0.15, 0.2) is 0 Å². The molecule has 0 spiro atoms. The minimum absolute atomic E-state index is 0.449. The Morgan fingerprint density at radius 2 is 2.20 bits per heavy atom. The van der Waals surface area contributed by atoms with Crippen molar-refractivity contribution in [1.82, 2.24) is 9.78 Å². The second-order valence-corrected chi connectivity index (χ2v) is 3.75. The van der Waals surface area contributed by atoms with E-state index in [4.69, 9.17) is 17.3 Å². The summed E-state index contributed by atoms with van der Waals surface area (Å²) in [6, 6.07) is 7.67. The zero-order valence-corrected chi connectivity index (χ0v) is 9.20. The van der Waals surface area contributed by atoms with Gasteiger partial charge in [-0.1, -0.05) is 23.7 Å². The van der Waals surface area contributed by atoms with Crippen LogP contribution in [-0.4, -0.2) is 9.78 Å². The van der Waals surface area contributed by atoms with Gasteiger partial charge in [-0.25, -0.2) is 4.68 Å². The third-order valence-electron chi connectivity index (χ3n) is 2.33. The average molecular weight is 222 g/mol. The molecule has 0 saturated carbocycles. The summed E-state index contributed by atoms with van der Waals surface area (Å²) in [5.41, 5.74) is 8.57. The first-order valence-electron chi connectivity index (χ1n) is 4.72. The molecule has 0 radical (unpaired) electrons. The van der Waals surface area contributed by atoms with Crippen molar-refractivity contribution in [2.24, 2.45) is 5.73 Å². The molecule has 3 nitrogen and oxygen atoms in total. The standard InChI is InChI=1S/C11H12ClN3/c1-8-3-2-4-10(12)11(8)15-9(7-13)5-6-14-15/h2-6H,7,13H2,1H3. The van der Waals surface area contributed by atoms with Crippen LogP contribution in [0.25, 0.3) is 5.69 Å². The molecule has 78 valence electrons. The van der Waals surface area contributed by atoms with Crippen LogP contribution in [0.3, 0.4) is 0 Å². The number of benzene rings is 1. The summed E-state index contributed by atoms with van der Waals surface area (Å²) in [4.78, 5) is 0. The summed E-state index contributed by atoms with van der Waals surface area (Å²) >= 11 is 6.15. The van der Waals surface area contributed by atoms with Gasteiger partial charge < -0.3 is 5.73 Å². The van der Waals surface area contributed by atoms with Crippen molar-refractivity contribution in [3.05, 3.63) is 46.7 Å². The number of hydrogen-bond acceptors (Lipinski definition) is 2. The number of hydrogen-bond donors (Lipinski definition) is 1. The van der Waals surface area contributed by atoms with E-state index in [0.717, 1.165) is 16.9 Å². The normalized spacial score (nSPS) is 10.6. The molecule has 0 unspecified atom stereocenters. The Bertz CT molecular complexity index is 456. The zero-order chi connectivity index (χ0) is 10.8. The first kappa shape index (κ1) is 10.2. The monoisotopic (exact) mass is 221 g/mol. The Morgan fingerprint density at radius 1 is 1.40 bits per heavy atom. The van der Waals surface area contributed by atoms with E-state index >= 15 is 0 Å². The van der Waals surface area contributed by atoms with E-state index in [1.54, 1.807) is 10.9 Å². The number of halogens is 1. The summed E-state index contributed by atoms with van der Waals surface area (Å²) < 4.78 is 1.79. The second kappa shape index (κ2) is 4.04. The molecule has 0 bridgehead atoms. The minimum Gasteiger partial charge on any atom is -0.325 e. The molecular weight excluding hydrogens is 210 g/mol. The van der Waals surface area contributed by atoms with E-state index in [-0.39, 0.29) is 0 Å². The fraction of sp³-hybridized carbons (Fsp3) is 0.182. The van der Waals surface area contributed by atoms with Crippen molar-refractivity contribution in [1.29, 1.82) is 0 Å². The maximum Gasteiger partial charge on any atom is 0.0864 e. The number of nitrogens with two attached hydrogens (primary N) is 1. The van der Waals surface area contributed by atoms with E-state index in [1.807, 2.05) is 31.2 Å². The van der Waals surface area contributed by atoms with Gasteiger partial charge in [0.05, 0.1) is 16.4 Å². The Balaban J connectivity index is 2.63. The van der Waals surface area contributed by atoms with Crippen molar-refractivity contribution < 1.29 is 0 Å². The van der Waals surface area contributed by atoms with E-state index in [0.29, 0.717) is 11.6 Å². The van der Waals surface area contributed by atoms with Gasteiger partial charge >= 0.3 is 0 Å². The lowest BCUT2D eigenvalue weighted by molar-refractivity contribution is 0.799. The molecule has 2 rings (SSSR count). The van der Waals surface area contributed by atoms with Crippen LogP contribution in [0, 0.1) is 6.92 Å². The van der Waals surface area contributed by atoms with Crippen molar-refractivity contribution >= 4 is 11.6 Å². The first-order valence-corrected chi connectivity index (χ1v) is 5.10. The molecule has 4 heteroatoms. The maximum absolute atomic E-state index is 6.15. The van der Waals surface area contributed by atoms with E-state index < -0.39 is 0 Å². The highest BCUT2D eigenvalue weighted by Crippen LogP contribution is 2.24. The lowest BCUT2D eigenvalue weighted by Gasteiger charge is -2.10. The fourth-order valence-electron chi connectivity index (χ4n) is 1.58. The number of aryl methyl sites for hydroxylation is 1. The summed E-state index contributed by atoms with van der Waals surface area (Å²) in [5.74, 6) is 0. The van der Waals surface area contributed by atoms with E-state index in [2.05, 4.69) is 5.10 Å². The van der Waals surface area contributed by atoms with Crippen LogP contribution in [-0.2, 0) is 6.54 Å². The third-order valence-corrected chi connectivity index (χ3v) is 2.64. The smallest absolute Gasteiger partial charge is 0.0864 e. The predicted molar refractivity (Wildman–Crippen MR) is 61.2 cm³/mol. The van der Waals surface area contributed by atoms with Gasteiger partial charge in [0.1, 0.15) is 0 Å². The number of nitrogens with zero attached hydrogens (tertiary/aromatic N) is 2. The van der Waals surface area contributed by atoms with Gasteiger partial charge in [0, 0.05) is 12.7 Å². The Hall–Kier alpha value is -1.32. The molecule has 0 fully saturated rings. The number of rotatable bonds is 2. The topological polar surface area (TPSA) is 43.8 Å². The zero-order valence-electron chi connectivity index (χ0n) is 8.44. The predicted octanol–water partition coefficient (Wildman–Crippen LogP) is 2.29. The molecule has 1 aromatic heterocycles. The lowest BCUT2D eigenvalue weighted by Crippen LogP contribution is -2.08. The van der Waals surface area contributed by atoms with Crippen LogP contribution >= 0.6 is 11.6 Å². The molecule has 2 aromatic rings. The highest BCUT2D eigenvalue weighted by atomic mass is 35.5. The van der Waals surface area contributed by atoms with Gasteiger partial charge in [-0.15, -0.1) is 0 Å². The Kier molecular flexibility index (Phi) is 2.75. The first-order chi connectivity index (χ1) is 7.24. The molecule has 0 aliphatic carbocycles. The lowest BCUT2D eigenvalue weighted by atomic mass is 10.2. The molecular formula is C11H12ClN3. The Labute approximate surface area is 93.5 Å². The highest BCUT2D eigenvalue weighted by molar-refractivity contribution is 6.32. The molecule has 0 amide bonds. The summed E-state index contributed by atoms with van der Waals surface area (Å²) in [5, 5.41) is 4.92. The quantitative estimate of drug-likeness (QED) is 0.846. The van der Waals surface area contributed by atoms with Crippen LogP contribution in [0.15, 0.2) is 30.5 Å². The second-order valence-electron chi connectivity index (χ2n) is 3.34. The summed E-state index contributed by atoms with van der Waals surface area (Å²) in [6.45, 7) is 2.45.